The van der Waals surface area contributed by atoms with Crippen molar-refractivity contribution >= 4 is 6.03 Å². The Morgan fingerprint density at radius 3 is 2.69 bits per heavy atom. The molecule has 1 aliphatic rings. The lowest BCUT2D eigenvalue weighted by Crippen LogP contribution is -2.43. The number of para-hydroxylation sites is 1. The number of rotatable bonds is 5. The Hall–Kier alpha value is -3.13. The van der Waals surface area contributed by atoms with Crippen molar-refractivity contribution in [2.75, 3.05) is 6.61 Å². The lowest BCUT2D eigenvalue weighted by Gasteiger charge is -2.19. The number of carbonyl (C=O) groups is 1. The predicted molar refractivity (Wildman–Crippen MR) is 109 cm³/mol. The van der Waals surface area contributed by atoms with Crippen LogP contribution in [-0.4, -0.2) is 38.2 Å². The smallest absolute Gasteiger partial charge is 0.315 e. The van der Waals surface area contributed by atoms with Gasteiger partial charge in [0.05, 0.1) is 23.1 Å². The Morgan fingerprint density at radius 2 is 1.97 bits per heavy atom. The molecule has 3 aromatic rings. The Kier molecular flexibility index (Phi) is 5.35. The molecular formula is C21H26N6O2. The van der Waals surface area contributed by atoms with E-state index in [1.54, 1.807) is 4.68 Å². The van der Waals surface area contributed by atoms with Gasteiger partial charge in [-0.3, -0.25) is 4.68 Å². The molecule has 1 fully saturated rings. The summed E-state index contributed by atoms with van der Waals surface area (Å²) in [7, 11) is 1.89. The molecule has 0 radical (unpaired) electrons. The van der Waals surface area contributed by atoms with Gasteiger partial charge in [-0.05, 0) is 32.4 Å². The molecule has 0 bridgehead atoms. The van der Waals surface area contributed by atoms with Crippen LogP contribution in [-0.2, 0) is 18.3 Å². The summed E-state index contributed by atoms with van der Waals surface area (Å²) in [5.74, 6) is 0. The molecule has 1 aromatic carbocycles. The van der Waals surface area contributed by atoms with Gasteiger partial charge in [0.2, 0.25) is 0 Å². The summed E-state index contributed by atoms with van der Waals surface area (Å²) in [5.41, 5.74) is 4.81. The second-order valence-corrected chi connectivity index (χ2v) is 7.38. The SMILES string of the molecule is Cc1nn(-c2ccccc2)cc1CNC(=O)N[C@@H]1CCO[C@H]1c1cn(C)nc1C. The van der Waals surface area contributed by atoms with Crippen molar-refractivity contribution in [3.05, 3.63) is 65.2 Å². The Labute approximate surface area is 169 Å². The zero-order chi connectivity index (χ0) is 20.4. The van der Waals surface area contributed by atoms with E-state index in [0.717, 1.165) is 34.6 Å². The predicted octanol–water partition coefficient (Wildman–Crippen LogP) is 2.55. The van der Waals surface area contributed by atoms with E-state index < -0.39 is 0 Å². The number of amides is 2. The van der Waals surface area contributed by atoms with Crippen molar-refractivity contribution in [2.24, 2.45) is 7.05 Å². The Morgan fingerprint density at radius 1 is 1.17 bits per heavy atom. The van der Waals surface area contributed by atoms with Crippen LogP contribution in [0.25, 0.3) is 5.69 Å². The van der Waals surface area contributed by atoms with Gasteiger partial charge in [-0.2, -0.15) is 10.2 Å². The quantitative estimate of drug-likeness (QED) is 0.696. The standard InChI is InChI=1S/C21H26N6O2/c1-14-16(12-27(25-14)17-7-5-4-6-8-17)11-22-21(28)23-19-9-10-29-20(19)18-13-26(3)24-15(18)2/h4-8,12-13,19-20H,9-11H2,1-3H3,(H2,22,23,28)/t19-,20+/m1/s1. The van der Waals surface area contributed by atoms with Crippen LogP contribution in [0.3, 0.4) is 0 Å². The molecule has 3 heterocycles. The molecule has 2 atom stereocenters. The number of aryl methyl sites for hydroxylation is 3. The van der Waals surface area contributed by atoms with Gasteiger partial charge in [-0.1, -0.05) is 18.2 Å². The minimum absolute atomic E-state index is 0.0777. The molecule has 0 unspecified atom stereocenters. The maximum atomic E-state index is 12.5. The second kappa shape index (κ2) is 8.08. The number of carbonyl (C=O) groups excluding carboxylic acids is 1. The summed E-state index contributed by atoms with van der Waals surface area (Å²) in [6.45, 7) is 4.93. The summed E-state index contributed by atoms with van der Waals surface area (Å²) in [6.07, 6.45) is 4.51. The summed E-state index contributed by atoms with van der Waals surface area (Å²) in [4.78, 5) is 12.5. The summed E-state index contributed by atoms with van der Waals surface area (Å²) >= 11 is 0. The fourth-order valence-corrected chi connectivity index (χ4v) is 3.72. The molecule has 2 N–H and O–H groups in total. The topological polar surface area (TPSA) is 86.0 Å². The van der Waals surface area contributed by atoms with Crippen LogP contribution in [0.15, 0.2) is 42.7 Å². The first-order valence-electron chi connectivity index (χ1n) is 9.78. The van der Waals surface area contributed by atoms with Crippen LogP contribution in [0, 0.1) is 13.8 Å². The molecule has 29 heavy (non-hydrogen) atoms. The summed E-state index contributed by atoms with van der Waals surface area (Å²) in [6, 6.07) is 9.63. The van der Waals surface area contributed by atoms with Gasteiger partial charge in [0.15, 0.2) is 0 Å². The van der Waals surface area contributed by atoms with E-state index in [1.807, 2.05) is 68.3 Å². The molecule has 8 nitrogen and oxygen atoms in total. The molecule has 0 aliphatic carbocycles. The zero-order valence-electron chi connectivity index (χ0n) is 16.9. The minimum atomic E-state index is -0.209. The maximum Gasteiger partial charge on any atom is 0.315 e. The van der Waals surface area contributed by atoms with Gasteiger partial charge in [-0.15, -0.1) is 0 Å². The van der Waals surface area contributed by atoms with Crippen LogP contribution in [0.1, 0.15) is 35.0 Å². The third-order valence-corrected chi connectivity index (χ3v) is 5.23. The van der Waals surface area contributed by atoms with E-state index in [4.69, 9.17) is 4.74 Å². The highest BCUT2D eigenvalue weighted by molar-refractivity contribution is 5.74. The Bertz CT molecular complexity index is 994. The highest BCUT2D eigenvalue weighted by atomic mass is 16.5. The van der Waals surface area contributed by atoms with Gasteiger partial charge in [0.1, 0.15) is 6.10 Å². The van der Waals surface area contributed by atoms with Crippen molar-refractivity contribution in [1.29, 1.82) is 0 Å². The minimum Gasteiger partial charge on any atom is -0.371 e. The molecule has 152 valence electrons. The monoisotopic (exact) mass is 394 g/mol. The van der Waals surface area contributed by atoms with Gasteiger partial charge in [0.25, 0.3) is 0 Å². The largest absolute Gasteiger partial charge is 0.371 e. The number of benzene rings is 1. The normalized spacial score (nSPS) is 18.7. The van der Waals surface area contributed by atoms with Crippen molar-refractivity contribution in [3.63, 3.8) is 0 Å². The molecule has 1 saturated heterocycles. The molecule has 4 rings (SSSR count). The maximum absolute atomic E-state index is 12.5. The van der Waals surface area contributed by atoms with Gasteiger partial charge >= 0.3 is 6.03 Å². The average molecular weight is 394 g/mol. The van der Waals surface area contributed by atoms with Crippen molar-refractivity contribution < 1.29 is 9.53 Å². The van der Waals surface area contributed by atoms with E-state index in [1.165, 1.54) is 0 Å². The first-order chi connectivity index (χ1) is 14.0. The van der Waals surface area contributed by atoms with E-state index in [-0.39, 0.29) is 18.2 Å². The van der Waals surface area contributed by atoms with Crippen LogP contribution in [0.4, 0.5) is 4.79 Å². The number of nitrogens with one attached hydrogen (secondary N) is 2. The number of nitrogens with zero attached hydrogens (tertiary/aromatic N) is 4. The van der Waals surface area contributed by atoms with Gasteiger partial charge < -0.3 is 15.4 Å². The fraction of sp³-hybridized carbons (Fsp3) is 0.381. The third-order valence-electron chi connectivity index (χ3n) is 5.23. The molecule has 0 saturated carbocycles. The van der Waals surface area contributed by atoms with E-state index in [9.17, 15) is 4.79 Å². The van der Waals surface area contributed by atoms with Crippen LogP contribution in [0.2, 0.25) is 0 Å². The van der Waals surface area contributed by atoms with Crippen molar-refractivity contribution in [1.82, 2.24) is 30.2 Å². The van der Waals surface area contributed by atoms with Crippen molar-refractivity contribution in [3.8, 4) is 5.69 Å². The molecule has 2 amide bonds. The average Bonchev–Trinajstić information content (AvgIpc) is 3.39. The van der Waals surface area contributed by atoms with Crippen LogP contribution in [0.5, 0.6) is 0 Å². The molecule has 2 aromatic heterocycles. The third kappa shape index (κ3) is 4.17. The van der Waals surface area contributed by atoms with E-state index in [0.29, 0.717) is 13.2 Å². The molecule has 1 aliphatic heterocycles. The number of hydrogen-bond donors (Lipinski definition) is 2. The molecular weight excluding hydrogens is 368 g/mol. The van der Waals surface area contributed by atoms with Crippen molar-refractivity contribution in [2.45, 2.75) is 39.0 Å². The van der Waals surface area contributed by atoms with Crippen LogP contribution >= 0.6 is 0 Å². The zero-order valence-corrected chi connectivity index (χ0v) is 16.9. The highest BCUT2D eigenvalue weighted by Gasteiger charge is 2.33. The number of aromatic nitrogens is 4. The van der Waals surface area contributed by atoms with E-state index in [2.05, 4.69) is 20.8 Å². The van der Waals surface area contributed by atoms with Crippen LogP contribution < -0.4 is 10.6 Å². The first-order valence-corrected chi connectivity index (χ1v) is 9.78. The van der Waals surface area contributed by atoms with Gasteiger partial charge in [0, 0.05) is 43.7 Å². The van der Waals surface area contributed by atoms with E-state index >= 15 is 0 Å². The number of ether oxygens (including phenoxy) is 1. The number of urea groups is 1. The lowest BCUT2D eigenvalue weighted by molar-refractivity contribution is 0.0994. The molecule has 8 heteroatoms. The highest BCUT2D eigenvalue weighted by Crippen LogP contribution is 2.30. The van der Waals surface area contributed by atoms with Gasteiger partial charge in [-0.25, -0.2) is 9.48 Å². The summed E-state index contributed by atoms with van der Waals surface area (Å²) < 4.78 is 9.48. The first kappa shape index (κ1) is 19.2. The molecule has 0 spiro atoms. The Balaban J connectivity index is 1.37. The second-order valence-electron chi connectivity index (χ2n) is 7.38. The number of hydrogen-bond acceptors (Lipinski definition) is 4. The summed E-state index contributed by atoms with van der Waals surface area (Å²) in [5, 5.41) is 14.9. The lowest BCUT2D eigenvalue weighted by atomic mass is 10.0. The fourth-order valence-electron chi connectivity index (χ4n) is 3.72.